The number of carbonyl (C=O) groups is 3. The van der Waals surface area contributed by atoms with Crippen LogP contribution in [0.4, 0.5) is 23.7 Å². The average molecular weight is 398 g/mol. The van der Waals surface area contributed by atoms with Gasteiger partial charge < -0.3 is 5.32 Å². The number of nitrogens with one attached hydrogen (secondary N) is 2. The first kappa shape index (κ1) is 18.7. The van der Waals surface area contributed by atoms with Crippen LogP contribution in [-0.4, -0.2) is 29.7 Å². The normalized spacial score (nSPS) is 19.8. The van der Waals surface area contributed by atoms with E-state index in [9.17, 15) is 27.6 Å². The average Bonchev–Trinajstić information content (AvgIpc) is 2.87. The number of hydrogen-bond acceptors (Lipinski definition) is 3. The second-order valence-corrected chi connectivity index (χ2v) is 6.05. The summed E-state index contributed by atoms with van der Waals surface area (Å²) in [4.78, 5) is 37.3. The van der Waals surface area contributed by atoms with Crippen molar-refractivity contribution in [2.24, 2.45) is 0 Å². The maximum absolute atomic E-state index is 13.8. The summed E-state index contributed by atoms with van der Waals surface area (Å²) in [5.74, 6) is -2.84. The summed E-state index contributed by atoms with van der Waals surface area (Å²) in [5, 5.41) is 3.46. The largest absolute Gasteiger partial charge is 0.440 e. The van der Waals surface area contributed by atoms with E-state index in [4.69, 9.17) is 11.6 Å². The molecule has 1 saturated heterocycles. The molecule has 1 aliphatic heterocycles. The van der Waals surface area contributed by atoms with Gasteiger partial charge in [0.05, 0.1) is 5.69 Å². The number of anilines is 1. The van der Waals surface area contributed by atoms with E-state index in [1.165, 1.54) is 48.5 Å². The third-order valence-corrected chi connectivity index (χ3v) is 4.12. The van der Waals surface area contributed by atoms with Gasteiger partial charge in [0.25, 0.3) is 17.5 Å². The van der Waals surface area contributed by atoms with Crippen molar-refractivity contribution in [3.63, 3.8) is 0 Å². The molecule has 2 N–H and O–H groups in total. The van der Waals surface area contributed by atoms with Crippen molar-refractivity contribution in [3.8, 4) is 0 Å². The SMILES string of the molecule is O=C(N[C@@]1(C(F)(F)F)NC(=O)N(c2ccc(Cl)cc2)C1=O)c1ccccc1. The van der Waals surface area contributed by atoms with Crippen LogP contribution in [0.1, 0.15) is 10.4 Å². The molecule has 0 spiro atoms. The van der Waals surface area contributed by atoms with Crippen LogP contribution in [-0.2, 0) is 4.79 Å². The number of alkyl halides is 3. The summed E-state index contributed by atoms with van der Waals surface area (Å²) in [7, 11) is 0. The van der Waals surface area contributed by atoms with Crippen LogP contribution in [0.5, 0.6) is 0 Å². The molecule has 1 fully saturated rings. The van der Waals surface area contributed by atoms with E-state index in [2.05, 4.69) is 0 Å². The van der Waals surface area contributed by atoms with Gasteiger partial charge >= 0.3 is 12.2 Å². The number of urea groups is 1. The fourth-order valence-electron chi connectivity index (χ4n) is 2.53. The Labute approximate surface area is 155 Å². The molecule has 0 aromatic heterocycles. The Bertz CT molecular complexity index is 903. The second kappa shape index (κ2) is 6.58. The molecule has 0 aliphatic carbocycles. The number of imide groups is 1. The number of nitrogens with zero attached hydrogens (tertiary/aromatic N) is 1. The monoisotopic (exact) mass is 397 g/mol. The van der Waals surface area contributed by atoms with Crippen LogP contribution >= 0.6 is 11.6 Å². The van der Waals surface area contributed by atoms with Crippen molar-refractivity contribution in [1.29, 1.82) is 0 Å². The maximum atomic E-state index is 13.8. The van der Waals surface area contributed by atoms with Crippen molar-refractivity contribution < 1.29 is 27.6 Å². The summed E-state index contributed by atoms with van der Waals surface area (Å²) in [6.45, 7) is 0. The molecule has 27 heavy (non-hydrogen) atoms. The first-order valence-corrected chi connectivity index (χ1v) is 7.90. The van der Waals surface area contributed by atoms with Gasteiger partial charge in [0.1, 0.15) is 0 Å². The van der Waals surface area contributed by atoms with Crippen molar-refractivity contribution in [3.05, 3.63) is 65.2 Å². The Hall–Kier alpha value is -3.07. The molecule has 2 aromatic carbocycles. The van der Waals surface area contributed by atoms with E-state index in [0.29, 0.717) is 4.90 Å². The Kier molecular flexibility index (Phi) is 4.56. The van der Waals surface area contributed by atoms with Crippen LogP contribution < -0.4 is 15.5 Å². The van der Waals surface area contributed by atoms with Crippen molar-refractivity contribution in [2.75, 3.05) is 4.90 Å². The Morgan fingerprint density at radius 3 is 2.19 bits per heavy atom. The minimum atomic E-state index is -5.29. The first-order valence-electron chi connectivity index (χ1n) is 7.52. The number of hydrogen-bond donors (Lipinski definition) is 2. The van der Waals surface area contributed by atoms with Crippen LogP contribution in [0.25, 0.3) is 0 Å². The summed E-state index contributed by atoms with van der Waals surface area (Å²) in [5.41, 5.74) is -3.81. The van der Waals surface area contributed by atoms with Gasteiger partial charge in [0.2, 0.25) is 0 Å². The lowest BCUT2D eigenvalue weighted by Gasteiger charge is -2.29. The van der Waals surface area contributed by atoms with E-state index >= 15 is 0 Å². The molecule has 1 aliphatic rings. The van der Waals surface area contributed by atoms with Gasteiger partial charge in [-0.2, -0.15) is 13.2 Å². The lowest BCUT2D eigenvalue weighted by molar-refractivity contribution is -0.197. The third-order valence-electron chi connectivity index (χ3n) is 3.87. The molecule has 0 bridgehead atoms. The van der Waals surface area contributed by atoms with Crippen molar-refractivity contribution >= 4 is 35.1 Å². The van der Waals surface area contributed by atoms with Gasteiger partial charge in [-0.1, -0.05) is 29.8 Å². The molecule has 0 saturated carbocycles. The standard InChI is InChI=1S/C17H11ClF3N3O3/c18-11-6-8-12(9-7-11)24-14(26)16(17(19,20)21,23-15(24)27)22-13(25)10-4-2-1-3-5-10/h1-9H,(H,22,25)(H,23,27)/t16-/m1/s1. The fraction of sp³-hybridized carbons (Fsp3) is 0.118. The summed E-state index contributed by atoms with van der Waals surface area (Å²) >= 11 is 5.72. The van der Waals surface area contributed by atoms with Gasteiger partial charge in [-0.25, -0.2) is 9.69 Å². The number of amides is 4. The first-order chi connectivity index (χ1) is 12.7. The molecule has 1 atom stereocenters. The second-order valence-electron chi connectivity index (χ2n) is 5.62. The zero-order chi connectivity index (χ0) is 19.8. The molecule has 4 amide bonds. The van der Waals surface area contributed by atoms with Gasteiger partial charge in [0.15, 0.2) is 0 Å². The molecule has 140 valence electrons. The molecule has 3 rings (SSSR count). The van der Waals surface area contributed by atoms with Crippen LogP contribution in [0.2, 0.25) is 5.02 Å². The van der Waals surface area contributed by atoms with Gasteiger partial charge in [-0.05, 0) is 36.4 Å². The number of benzene rings is 2. The number of halogens is 4. The molecule has 10 heteroatoms. The molecule has 0 unspecified atom stereocenters. The number of carbonyl (C=O) groups excluding carboxylic acids is 3. The van der Waals surface area contributed by atoms with Crippen LogP contribution in [0, 0.1) is 0 Å². The minimum absolute atomic E-state index is 0.104. The quantitative estimate of drug-likeness (QED) is 0.781. The van der Waals surface area contributed by atoms with Crippen LogP contribution in [0.15, 0.2) is 54.6 Å². The molecule has 1 heterocycles. The maximum Gasteiger partial charge on any atom is 0.440 e. The summed E-state index contributed by atoms with van der Waals surface area (Å²) in [6, 6.07) is 10.7. The molecular formula is C17H11ClF3N3O3. The fourth-order valence-corrected chi connectivity index (χ4v) is 2.66. The lowest BCUT2D eigenvalue weighted by atomic mass is 10.1. The predicted octanol–water partition coefficient (Wildman–Crippen LogP) is 3.08. The predicted molar refractivity (Wildman–Crippen MR) is 90.2 cm³/mol. The Balaban J connectivity index is 2.00. The third kappa shape index (κ3) is 3.21. The smallest absolute Gasteiger partial charge is 0.314 e. The van der Waals surface area contributed by atoms with E-state index in [1.54, 1.807) is 16.7 Å². The van der Waals surface area contributed by atoms with E-state index in [-0.39, 0.29) is 16.3 Å². The van der Waals surface area contributed by atoms with Gasteiger partial charge in [0, 0.05) is 10.6 Å². The highest BCUT2D eigenvalue weighted by Gasteiger charge is 2.69. The highest BCUT2D eigenvalue weighted by atomic mass is 35.5. The van der Waals surface area contributed by atoms with E-state index < -0.39 is 29.7 Å². The molecule has 0 radical (unpaired) electrons. The Morgan fingerprint density at radius 1 is 1.04 bits per heavy atom. The number of rotatable bonds is 3. The molecule has 2 aromatic rings. The van der Waals surface area contributed by atoms with Crippen LogP contribution in [0.3, 0.4) is 0 Å². The zero-order valence-electron chi connectivity index (χ0n) is 13.4. The highest BCUT2D eigenvalue weighted by Crippen LogP contribution is 2.36. The summed E-state index contributed by atoms with van der Waals surface area (Å²) in [6.07, 6.45) is -5.29. The lowest BCUT2D eigenvalue weighted by Crippen LogP contribution is -2.69. The Morgan fingerprint density at radius 2 is 1.63 bits per heavy atom. The van der Waals surface area contributed by atoms with E-state index in [1.807, 2.05) is 0 Å². The van der Waals surface area contributed by atoms with Crippen molar-refractivity contribution in [2.45, 2.75) is 11.8 Å². The van der Waals surface area contributed by atoms with Crippen molar-refractivity contribution in [1.82, 2.24) is 10.6 Å². The molecule has 6 nitrogen and oxygen atoms in total. The van der Waals surface area contributed by atoms with Gasteiger partial charge in [-0.3, -0.25) is 14.9 Å². The highest BCUT2D eigenvalue weighted by molar-refractivity contribution is 6.31. The topological polar surface area (TPSA) is 78.5 Å². The van der Waals surface area contributed by atoms with E-state index in [0.717, 1.165) is 0 Å². The minimum Gasteiger partial charge on any atom is -0.314 e. The molecular weight excluding hydrogens is 387 g/mol. The van der Waals surface area contributed by atoms with Gasteiger partial charge in [-0.15, -0.1) is 0 Å². The zero-order valence-corrected chi connectivity index (χ0v) is 14.1. The summed E-state index contributed by atoms with van der Waals surface area (Å²) < 4.78 is 41.3.